The fourth-order valence-electron chi connectivity index (χ4n) is 2.26. The molecule has 0 aliphatic carbocycles. The van der Waals surface area contributed by atoms with Crippen LogP contribution >= 0.6 is 23.2 Å². The summed E-state index contributed by atoms with van der Waals surface area (Å²) in [7, 11) is 0. The molecule has 1 nitrogen and oxygen atoms in total. The van der Waals surface area contributed by atoms with Gasteiger partial charge in [0.2, 0.25) is 0 Å². The Balaban J connectivity index is 0.00000256. The molecule has 100 valence electrons. The number of allylic oxidation sites excluding steroid dienone is 2. The van der Waals surface area contributed by atoms with Crippen molar-refractivity contribution in [3.8, 4) is 0 Å². The van der Waals surface area contributed by atoms with E-state index in [0.717, 1.165) is 27.6 Å². The molecule has 0 aromatic carbocycles. The molecule has 4 heteroatoms. The fourth-order valence-corrected chi connectivity index (χ4v) is 2.40. The van der Waals surface area contributed by atoms with Crippen LogP contribution in [-0.2, 0) is 0 Å². The van der Waals surface area contributed by atoms with Crippen LogP contribution in [0.15, 0.2) is 22.2 Å². The van der Waals surface area contributed by atoms with Crippen LogP contribution < -0.4 is 12.4 Å². The minimum Gasteiger partial charge on any atom is -1.00 e. The van der Waals surface area contributed by atoms with Gasteiger partial charge >= 0.3 is 0 Å². The Morgan fingerprint density at radius 1 is 0.941 bits per heavy atom. The lowest BCUT2D eigenvalue weighted by Crippen LogP contribution is -3.00. The Morgan fingerprint density at radius 3 is 1.71 bits per heavy atom. The highest BCUT2D eigenvalue weighted by Crippen LogP contribution is 2.20. The maximum Gasteiger partial charge on any atom is 0.0990 e. The Hall–Kier alpha value is 0.310. The van der Waals surface area contributed by atoms with E-state index in [-0.39, 0.29) is 12.4 Å². The topological polar surface area (TPSA) is 0 Å². The Labute approximate surface area is 121 Å². The van der Waals surface area contributed by atoms with Crippen LogP contribution in [-0.4, -0.2) is 30.7 Å². The van der Waals surface area contributed by atoms with Gasteiger partial charge < -0.3 is 16.9 Å². The molecule has 0 unspecified atom stereocenters. The van der Waals surface area contributed by atoms with Crippen molar-refractivity contribution in [3.05, 3.63) is 22.2 Å². The summed E-state index contributed by atoms with van der Waals surface area (Å²) in [5, 5.41) is 1.80. The number of hydrogen-bond acceptors (Lipinski definition) is 0. The summed E-state index contributed by atoms with van der Waals surface area (Å²) in [4.78, 5) is 0. The Bertz CT molecular complexity index is 248. The lowest BCUT2D eigenvalue weighted by atomic mass is 10.1. The third-order valence-electron chi connectivity index (χ3n) is 3.28. The van der Waals surface area contributed by atoms with Gasteiger partial charge in [0, 0.05) is 10.1 Å². The second-order valence-electron chi connectivity index (χ2n) is 4.80. The summed E-state index contributed by atoms with van der Waals surface area (Å²) < 4.78 is 1.12. The van der Waals surface area contributed by atoms with Crippen LogP contribution in [0.5, 0.6) is 0 Å². The molecule has 0 bridgehead atoms. The molecule has 0 aromatic heterocycles. The van der Waals surface area contributed by atoms with Crippen molar-refractivity contribution in [1.29, 1.82) is 0 Å². The standard InChI is InChI=1S/C13H22Cl2N.ClH/c1-12(14)6-10-16(11-7-13(2)15)8-4-3-5-9-16;/h6-7H,3-5,8-11H2,1-2H3;1H/q+1;/p-1. The predicted molar refractivity (Wildman–Crippen MR) is 72.8 cm³/mol. The van der Waals surface area contributed by atoms with Crippen molar-refractivity contribution < 1.29 is 16.9 Å². The molecule has 1 aliphatic heterocycles. The molecule has 1 rings (SSSR count). The van der Waals surface area contributed by atoms with Gasteiger partial charge in [0.25, 0.3) is 0 Å². The van der Waals surface area contributed by atoms with E-state index in [1.54, 1.807) is 0 Å². The van der Waals surface area contributed by atoms with Gasteiger partial charge in [-0.2, -0.15) is 0 Å². The molecule has 0 amide bonds. The summed E-state index contributed by atoms with van der Waals surface area (Å²) in [5.41, 5.74) is 0. The monoisotopic (exact) mass is 297 g/mol. The molecule has 1 fully saturated rings. The number of likely N-dealkylation sites (tertiary alicyclic amines) is 1. The van der Waals surface area contributed by atoms with E-state index in [9.17, 15) is 0 Å². The molecule has 17 heavy (non-hydrogen) atoms. The molecule has 0 saturated carbocycles. The predicted octanol–water partition coefficient (Wildman–Crippen LogP) is 1.28. The zero-order chi connectivity index (χ0) is 12.0. The second kappa shape index (κ2) is 8.42. The second-order valence-corrected chi connectivity index (χ2v) is 5.99. The van der Waals surface area contributed by atoms with Gasteiger partial charge in [-0.1, -0.05) is 23.2 Å². The first-order valence-electron chi connectivity index (χ1n) is 6.04. The number of halogens is 3. The number of quaternary nitrogens is 1. The van der Waals surface area contributed by atoms with Crippen LogP contribution in [0, 0.1) is 0 Å². The van der Waals surface area contributed by atoms with Crippen LogP contribution in [0.2, 0.25) is 0 Å². The quantitative estimate of drug-likeness (QED) is 0.686. The SMILES string of the molecule is CC(Cl)=CC[N+]1(CC=C(C)Cl)CCCCC1.[Cl-]. The van der Waals surface area contributed by atoms with Crippen molar-refractivity contribution in [2.75, 3.05) is 26.2 Å². The van der Waals surface area contributed by atoms with Crippen LogP contribution in [0.4, 0.5) is 0 Å². The van der Waals surface area contributed by atoms with Crippen LogP contribution in [0.3, 0.4) is 0 Å². The first-order chi connectivity index (χ1) is 7.54. The van der Waals surface area contributed by atoms with E-state index in [1.807, 2.05) is 13.8 Å². The summed E-state index contributed by atoms with van der Waals surface area (Å²) in [5.74, 6) is 0. The Morgan fingerprint density at radius 2 is 1.35 bits per heavy atom. The summed E-state index contributed by atoms with van der Waals surface area (Å²) >= 11 is 11.9. The van der Waals surface area contributed by atoms with Gasteiger partial charge in [0.1, 0.15) is 0 Å². The average molecular weight is 299 g/mol. The molecule has 0 atom stereocenters. The van der Waals surface area contributed by atoms with E-state index in [0.29, 0.717) is 0 Å². The highest BCUT2D eigenvalue weighted by Gasteiger charge is 2.27. The fraction of sp³-hybridized carbons (Fsp3) is 0.692. The first-order valence-corrected chi connectivity index (χ1v) is 6.79. The first kappa shape index (κ1) is 17.3. The van der Waals surface area contributed by atoms with E-state index in [1.165, 1.54) is 32.4 Å². The maximum absolute atomic E-state index is 5.93. The largest absolute Gasteiger partial charge is 1.00 e. The summed E-state index contributed by atoms with van der Waals surface area (Å²) in [6.45, 7) is 8.48. The van der Waals surface area contributed by atoms with Gasteiger partial charge in [-0.25, -0.2) is 0 Å². The summed E-state index contributed by atoms with van der Waals surface area (Å²) in [6.07, 6.45) is 8.30. The normalized spacial score (nSPS) is 20.9. The Kier molecular flexibility index (Phi) is 8.57. The molecule has 0 spiro atoms. The maximum atomic E-state index is 5.93. The zero-order valence-electron chi connectivity index (χ0n) is 10.7. The van der Waals surface area contributed by atoms with Crippen LogP contribution in [0.1, 0.15) is 33.1 Å². The van der Waals surface area contributed by atoms with Crippen molar-refractivity contribution >= 4 is 23.2 Å². The van der Waals surface area contributed by atoms with Gasteiger partial charge in [0.15, 0.2) is 0 Å². The van der Waals surface area contributed by atoms with E-state index < -0.39 is 0 Å². The molecule has 1 saturated heterocycles. The molecular weight excluding hydrogens is 277 g/mol. The molecule has 0 aromatic rings. The minimum atomic E-state index is 0. The van der Waals surface area contributed by atoms with Gasteiger partial charge in [-0.3, -0.25) is 0 Å². The minimum absolute atomic E-state index is 0. The smallest absolute Gasteiger partial charge is 0.0990 e. The van der Waals surface area contributed by atoms with Crippen molar-refractivity contribution in [1.82, 2.24) is 0 Å². The third-order valence-corrected chi connectivity index (χ3v) is 3.59. The number of piperidine rings is 1. The lowest BCUT2D eigenvalue weighted by molar-refractivity contribution is -0.921. The number of rotatable bonds is 4. The molecule has 0 N–H and O–H groups in total. The molecule has 1 heterocycles. The van der Waals surface area contributed by atoms with E-state index >= 15 is 0 Å². The molecule has 1 aliphatic rings. The number of hydrogen-bond donors (Lipinski definition) is 0. The highest BCUT2D eigenvalue weighted by molar-refractivity contribution is 6.29. The zero-order valence-corrected chi connectivity index (χ0v) is 13.0. The van der Waals surface area contributed by atoms with E-state index in [2.05, 4.69) is 12.2 Å². The van der Waals surface area contributed by atoms with Gasteiger partial charge in [-0.05, 0) is 45.3 Å². The van der Waals surface area contributed by atoms with Gasteiger partial charge in [0.05, 0.1) is 26.2 Å². The molecular formula is C13H22Cl3N. The highest BCUT2D eigenvalue weighted by atomic mass is 35.5. The van der Waals surface area contributed by atoms with E-state index in [4.69, 9.17) is 23.2 Å². The average Bonchev–Trinajstić information content (AvgIpc) is 2.25. The van der Waals surface area contributed by atoms with Crippen molar-refractivity contribution in [3.63, 3.8) is 0 Å². The van der Waals surface area contributed by atoms with Gasteiger partial charge in [-0.15, -0.1) is 0 Å². The third kappa shape index (κ3) is 6.71. The number of nitrogens with zero attached hydrogens (tertiary/aromatic N) is 1. The van der Waals surface area contributed by atoms with Crippen molar-refractivity contribution in [2.45, 2.75) is 33.1 Å². The van der Waals surface area contributed by atoms with Crippen LogP contribution in [0.25, 0.3) is 0 Å². The molecule has 0 radical (unpaired) electrons. The lowest BCUT2D eigenvalue weighted by Gasteiger charge is -2.40. The summed E-state index contributed by atoms with van der Waals surface area (Å²) in [6, 6.07) is 0. The van der Waals surface area contributed by atoms with Crippen molar-refractivity contribution in [2.24, 2.45) is 0 Å².